The molecule has 0 spiro atoms. The number of benzene rings is 1. The molecule has 0 saturated heterocycles. The molecule has 0 aliphatic carbocycles. The van der Waals surface area contributed by atoms with Gasteiger partial charge in [0.15, 0.2) is 0 Å². The largest absolute Gasteiger partial charge is 0.475 e. The summed E-state index contributed by atoms with van der Waals surface area (Å²) in [6, 6.07) is 2.02. The quantitative estimate of drug-likeness (QED) is 0.746. The maximum Gasteiger partial charge on any atom is 0.349 e. The minimum absolute atomic E-state index is 0.312. The van der Waals surface area contributed by atoms with Crippen LogP contribution in [0.3, 0.4) is 0 Å². The highest BCUT2D eigenvalue weighted by Crippen LogP contribution is 2.40. The molecule has 0 bridgehead atoms. The van der Waals surface area contributed by atoms with Crippen LogP contribution < -0.4 is 4.74 Å². The molecule has 0 radical (unpaired) electrons. The van der Waals surface area contributed by atoms with Crippen LogP contribution in [0.25, 0.3) is 0 Å². The number of aryl methyl sites for hydroxylation is 1. The van der Waals surface area contributed by atoms with Gasteiger partial charge in [-0.25, -0.2) is 4.79 Å². The molecular formula is C14H17BrO3. The maximum atomic E-state index is 11.8. The average Bonchev–Trinajstić information content (AvgIpc) is 2.35. The summed E-state index contributed by atoms with van der Waals surface area (Å²) in [7, 11) is 1.39. The van der Waals surface area contributed by atoms with Crippen molar-refractivity contribution in [2.75, 3.05) is 7.11 Å². The molecule has 0 saturated carbocycles. The molecule has 4 heteroatoms. The van der Waals surface area contributed by atoms with E-state index in [2.05, 4.69) is 22.9 Å². The lowest BCUT2D eigenvalue weighted by atomic mass is 9.89. The molecular weight excluding hydrogens is 296 g/mol. The molecule has 1 heterocycles. The standard InChI is InChI=1S/C14H17BrO3/c1-8-7-11(15)9(2)10-5-6-14(3,13(16)17-4)18-12(8)10/h7H,5-6H2,1-4H3. The molecule has 1 aromatic carbocycles. The Hall–Kier alpha value is -1.03. The van der Waals surface area contributed by atoms with Gasteiger partial charge in [-0.05, 0) is 49.9 Å². The zero-order valence-electron chi connectivity index (χ0n) is 11.1. The topological polar surface area (TPSA) is 35.5 Å². The Morgan fingerprint density at radius 3 is 2.78 bits per heavy atom. The fourth-order valence-corrected chi connectivity index (χ4v) is 2.94. The van der Waals surface area contributed by atoms with E-state index in [-0.39, 0.29) is 5.97 Å². The second-order valence-corrected chi connectivity index (χ2v) is 5.79. The molecule has 2 rings (SSSR count). The van der Waals surface area contributed by atoms with E-state index in [1.165, 1.54) is 18.2 Å². The Morgan fingerprint density at radius 2 is 2.17 bits per heavy atom. The molecule has 1 atom stereocenters. The van der Waals surface area contributed by atoms with Crippen molar-refractivity contribution in [3.05, 3.63) is 27.2 Å². The van der Waals surface area contributed by atoms with Crippen molar-refractivity contribution in [3.63, 3.8) is 0 Å². The second-order valence-electron chi connectivity index (χ2n) is 4.93. The van der Waals surface area contributed by atoms with Crippen LogP contribution in [0.4, 0.5) is 0 Å². The van der Waals surface area contributed by atoms with Crippen LogP contribution in [-0.4, -0.2) is 18.7 Å². The number of halogens is 1. The summed E-state index contributed by atoms with van der Waals surface area (Å²) in [6.45, 7) is 5.84. The highest BCUT2D eigenvalue weighted by Gasteiger charge is 2.41. The van der Waals surface area contributed by atoms with Gasteiger partial charge in [-0.15, -0.1) is 0 Å². The van der Waals surface area contributed by atoms with Crippen molar-refractivity contribution in [3.8, 4) is 5.75 Å². The van der Waals surface area contributed by atoms with Gasteiger partial charge in [0, 0.05) is 10.9 Å². The van der Waals surface area contributed by atoms with Crippen LogP contribution in [0.2, 0.25) is 0 Å². The highest BCUT2D eigenvalue weighted by molar-refractivity contribution is 9.10. The summed E-state index contributed by atoms with van der Waals surface area (Å²) in [5, 5.41) is 0. The SMILES string of the molecule is COC(=O)C1(C)CCc2c(C)c(Br)cc(C)c2O1. The number of hydrogen-bond donors (Lipinski definition) is 0. The smallest absolute Gasteiger partial charge is 0.349 e. The van der Waals surface area contributed by atoms with Crippen LogP contribution in [0, 0.1) is 13.8 Å². The van der Waals surface area contributed by atoms with E-state index in [1.807, 2.05) is 13.0 Å². The van der Waals surface area contributed by atoms with Crippen molar-refractivity contribution in [2.45, 2.75) is 39.2 Å². The first kappa shape index (κ1) is 13.4. The van der Waals surface area contributed by atoms with Crippen molar-refractivity contribution in [1.29, 1.82) is 0 Å². The van der Waals surface area contributed by atoms with Gasteiger partial charge >= 0.3 is 5.97 Å². The third-order valence-corrected chi connectivity index (χ3v) is 4.41. The number of esters is 1. The van der Waals surface area contributed by atoms with E-state index in [4.69, 9.17) is 9.47 Å². The number of hydrogen-bond acceptors (Lipinski definition) is 3. The van der Waals surface area contributed by atoms with Crippen LogP contribution >= 0.6 is 15.9 Å². The summed E-state index contributed by atoms with van der Waals surface area (Å²) in [4.78, 5) is 11.8. The van der Waals surface area contributed by atoms with Crippen molar-refractivity contribution < 1.29 is 14.3 Å². The lowest BCUT2D eigenvalue weighted by Crippen LogP contribution is -2.45. The first-order valence-electron chi connectivity index (χ1n) is 5.95. The molecule has 0 amide bonds. The minimum Gasteiger partial charge on any atom is -0.475 e. The Bertz CT molecular complexity index is 510. The molecule has 1 aliphatic heterocycles. The zero-order valence-corrected chi connectivity index (χ0v) is 12.7. The normalized spacial score (nSPS) is 22.1. The molecule has 1 aromatic rings. The van der Waals surface area contributed by atoms with Gasteiger partial charge in [0.25, 0.3) is 0 Å². The van der Waals surface area contributed by atoms with E-state index < -0.39 is 5.60 Å². The molecule has 0 aromatic heterocycles. The molecule has 0 N–H and O–H groups in total. The van der Waals surface area contributed by atoms with E-state index in [0.717, 1.165) is 22.2 Å². The molecule has 18 heavy (non-hydrogen) atoms. The first-order valence-corrected chi connectivity index (χ1v) is 6.74. The molecule has 1 aliphatic rings. The predicted octanol–water partition coefficient (Wildman–Crippen LogP) is 3.32. The van der Waals surface area contributed by atoms with Gasteiger partial charge in [0.2, 0.25) is 5.60 Å². The Kier molecular flexibility index (Phi) is 3.41. The van der Waals surface area contributed by atoms with Crippen LogP contribution in [0.15, 0.2) is 10.5 Å². The fourth-order valence-electron chi connectivity index (χ4n) is 2.36. The van der Waals surface area contributed by atoms with Crippen LogP contribution in [0.1, 0.15) is 30.0 Å². The molecule has 3 nitrogen and oxygen atoms in total. The number of rotatable bonds is 1. The van der Waals surface area contributed by atoms with Crippen molar-refractivity contribution in [1.82, 2.24) is 0 Å². The Labute approximate surface area is 116 Å². The summed E-state index contributed by atoms with van der Waals surface area (Å²) >= 11 is 3.55. The lowest BCUT2D eigenvalue weighted by molar-refractivity contribution is -0.159. The third kappa shape index (κ3) is 2.03. The van der Waals surface area contributed by atoms with Crippen molar-refractivity contribution >= 4 is 21.9 Å². The summed E-state index contributed by atoms with van der Waals surface area (Å²) in [5.41, 5.74) is 2.54. The third-order valence-electron chi connectivity index (χ3n) is 3.58. The predicted molar refractivity (Wildman–Crippen MR) is 73.0 cm³/mol. The molecule has 0 fully saturated rings. The van der Waals surface area contributed by atoms with Gasteiger partial charge in [0.05, 0.1) is 7.11 Å². The van der Waals surface area contributed by atoms with Gasteiger partial charge in [0.1, 0.15) is 5.75 Å². The van der Waals surface area contributed by atoms with Gasteiger partial charge in [-0.2, -0.15) is 0 Å². The average molecular weight is 313 g/mol. The van der Waals surface area contributed by atoms with Gasteiger partial charge in [-0.1, -0.05) is 15.9 Å². The maximum absolute atomic E-state index is 11.8. The van der Waals surface area contributed by atoms with E-state index in [1.54, 1.807) is 6.92 Å². The van der Waals surface area contributed by atoms with E-state index >= 15 is 0 Å². The summed E-state index contributed by atoms with van der Waals surface area (Å²) < 4.78 is 11.9. The Morgan fingerprint density at radius 1 is 1.50 bits per heavy atom. The monoisotopic (exact) mass is 312 g/mol. The fraction of sp³-hybridized carbons (Fsp3) is 0.500. The second kappa shape index (κ2) is 4.57. The highest BCUT2D eigenvalue weighted by atomic mass is 79.9. The summed E-state index contributed by atoms with van der Waals surface area (Å²) in [5.74, 6) is 0.517. The van der Waals surface area contributed by atoms with Crippen molar-refractivity contribution in [2.24, 2.45) is 0 Å². The van der Waals surface area contributed by atoms with E-state index in [0.29, 0.717) is 6.42 Å². The first-order chi connectivity index (χ1) is 8.39. The van der Waals surface area contributed by atoms with Gasteiger partial charge in [-0.3, -0.25) is 0 Å². The van der Waals surface area contributed by atoms with Crippen LogP contribution in [-0.2, 0) is 16.0 Å². The van der Waals surface area contributed by atoms with Crippen LogP contribution in [0.5, 0.6) is 5.75 Å². The number of fused-ring (bicyclic) bond motifs is 1. The lowest BCUT2D eigenvalue weighted by Gasteiger charge is -2.35. The van der Waals surface area contributed by atoms with E-state index in [9.17, 15) is 4.79 Å². The number of methoxy groups -OCH3 is 1. The number of carbonyl (C=O) groups excluding carboxylic acids is 1. The Balaban J connectivity index is 2.47. The molecule has 1 unspecified atom stereocenters. The van der Waals surface area contributed by atoms with Gasteiger partial charge < -0.3 is 9.47 Å². The summed E-state index contributed by atoms with van der Waals surface area (Å²) in [6.07, 6.45) is 1.47. The number of ether oxygens (including phenoxy) is 2. The molecule has 98 valence electrons. The number of carbonyl (C=O) groups is 1. The minimum atomic E-state index is -0.868. The zero-order chi connectivity index (χ0) is 13.5.